The molecule has 0 amide bonds. The van der Waals surface area contributed by atoms with Gasteiger partial charge in [0.15, 0.2) is 0 Å². The first kappa shape index (κ1) is 13.1. The Morgan fingerprint density at radius 3 is 2.89 bits per heavy atom. The molecular weight excluding hydrogens is 248 g/mol. The summed E-state index contributed by atoms with van der Waals surface area (Å²) in [7, 11) is 0. The van der Waals surface area contributed by atoms with E-state index < -0.39 is 0 Å². The molecule has 2 aromatic heterocycles. The molecule has 0 aliphatic carbocycles. The van der Waals surface area contributed by atoms with E-state index in [-0.39, 0.29) is 0 Å². The lowest BCUT2D eigenvalue weighted by molar-refractivity contribution is 0.674. The highest BCUT2D eigenvalue weighted by Crippen LogP contribution is 2.18. The SMILES string of the molecule is CCCNCc1cc(-n2ccnc2C)ncc1Cl. The molecule has 2 rings (SSSR count). The topological polar surface area (TPSA) is 42.7 Å². The second-order valence-corrected chi connectivity index (χ2v) is 4.56. The highest BCUT2D eigenvalue weighted by Gasteiger charge is 2.06. The van der Waals surface area contributed by atoms with Gasteiger partial charge in [-0.3, -0.25) is 4.57 Å². The van der Waals surface area contributed by atoms with Crippen LogP contribution < -0.4 is 5.32 Å². The van der Waals surface area contributed by atoms with Crippen molar-refractivity contribution >= 4 is 11.6 Å². The molecule has 0 saturated carbocycles. The van der Waals surface area contributed by atoms with Gasteiger partial charge in [0.25, 0.3) is 0 Å². The van der Waals surface area contributed by atoms with Gasteiger partial charge < -0.3 is 5.32 Å². The number of rotatable bonds is 5. The van der Waals surface area contributed by atoms with Crippen molar-refractivity contribution in [3.05, 3.63) is 41.1 Å². The Labute approximate surface area is 112 Å². The average Bonchev–Trinajstić information content (AvgIpc) is 2.78. The van der Waals surface area contributed by atoms with Crippen molar-refractivity contribution in [1.82, 2.24) is 19.9 Å². The van der Waals surface area contributed by atoms with Crippen molar-refractivity contribution in [2.75, 3.05) is 6.54 Å². The van der Waals surface area contributed by atoms with Crippen molar-refractivity contribution in [1.29, 1.82) is 0 Å². The molecule has 5 heteroatoms. The van der Waals surface area contributed by atoms with Crippen LogP contribution in [0.2, 0.25) is 5.02 Å². The minimum atomic E-state index is 0.695. The number of nitrogens with zero attached hydrogens (tertiary/aromatic N) is 3. The fourth-order valence-corrected chi connectivity index (χ4v) is 1.93. The molecule has 96 valence electrons. The largest absolute Gasteiger partial charge is 0.313 e. The summed E-state index contributed by atoms with van der Waals surface area (Å²) < 4.78 is 1.94. The van der Waals surface area contributed by atoms with E-state index in [9.17, 15) is 0 Å². The summed E-state index contributed by atoms with van der Waals surface area (Å²) in [5, 5.41) is 4.04. The molecule has 0 aliphatic rings. The number of hydrogen-bond acceptors (Lipinski definition) is 3. The molecule has 0 fully saturated rings. The van der Waals surface area contributed by atoms with Crippen LogP contribution in [0.5, 0.6) is 0 Å². The number of halogens is 1. The molecular formula is C13H17ClN4. The van der Waals surface area contributed by atoms with E-state index in [1.165, 1.54) is 0 Å². The van der Waals surface area contributed by atoms with Gasteiger partial charge >= 0.3 is 0 Å². The first-order valence-corrected chi connectivity index (χ1v) is 6.45. The van der Waals surface area contributed by atoms with Gasteiger partial charge in [0.2, 0.25) is 0 Å². The lowest BCUT2D eigenvalue weighted by atomic mass is 10.2. The number of aromatic nitrogens is 3. The Morgan fingerprint density at radius 2 is 2.22 bits per heavy atom. The maximum Gasteiger partial charge on any atom is 0.138 e. The smallest absolute Gasteiger partial charge is 0.138 e. The molecule has 0 saturated heterocycles. The van der Waals surface area contributed by atoms with Crippen LogP contribution in [0.25, 0.3) is 5.82 Å². The molecule has 2 aromatic rings. The Balaban J connectivity index is 2.23. The van der Waals surface area contributed by atoms with Crippen molar-refractivity contribution < 1.29 is 0 Å². The monoisotopic (exact) mass is 264 g/mol. The second kappa shape index (κ2) is 5.98. The summed E-state index contributed by atoms with van der Waals surface area (Å²) in [6, 6.07) is 2.00. The van der Waals surface area contributed by atoms with Gasteiger partial charge in [0.05, 0.1) is 5.02 Å². The minimum absolute atomic E-state index is 0.695. The van der Waals surface area contributed by atoms with Gasteiger partial charge in [-0.1, -0.05) is 18.5 Å². The first-order chi connectivity index (χ1) is 8.72. The standard InChI is InChI=1S/C13H17ClN4/c1-3-4-15-8-11-7-13(17-9-12(11)14)18-6-5-16-10(18)2/h5-7,9,15H,3-4,8H2,1-2H3. The van der Waals surface area contributed by atoms with Crippen LogP contribution in [0.15, 0.2) is 24.7 Å². The highest BCUT2D eigenvalue weighted by atomic mass is 35.5. The number of imidazole rings is 1. The maximum absolute atomic E-state index is 6.15. The lowest BCUT2D eigenvalue weighted by Crippen LogP contribution is -2.14. The van der Waals surface area contributed by atoms with Crippen LogP contribution in [0, 0.1) is 6.92 Å². The predicted molar refractivity (Wildman–Crippen MR) is 73.1 cm³/mol. The van der Waals surface area contributed by atoms with Crippen LogP contribution in [0.1, 0.15) is 24.7 Å². The molecule has 0 bridgehead atoms. The van der Waals surface area contributed by atoms with E-state index in [1.807, 2.05) is 23.8 Å². The van der Waals surface area contributed by atoms with Gasteiger partial charge in [0.1, 0.15) is 11.6 Å². The summed E-state index contributed by atoms with van der Waals surface area (Å²) >= 11 is 6.15. The van der Waals surface area contributed by atoms with Gasteiger partial charge in [-0.25, -0.2) is 9.97 Å². The van der Waals surface area contributed by atoms with Crippen LogP contribution in [-0.2, 0) is 6.54 Å². The van der Waals surface area contributed by atoms with Crippen LogP contribution >= 0.6 is 11.6 Å². The molecule has 18 heavy (non-hydrogen) atoms. The first-order valence-electron chi connectivity index (χ1n) is 6.08. The molecule has 1 N–H and O–H groups in total. The summed E-state index contributed by atoms with van der Waals surface area (Å²) in [4.78, 5) is 8.53. The summed E-state index contributed by atoms with van der Waals surface area (Å²) in [5.74, 6) is 1.76. The normalized spacial score (nSPS) is 10.8. The predicted octanol–water partition coefficient (Wildman–Crippen LogP) is 2.73. The molecule has 0 aromatic carbocycles. The Bertz CT molecular complexity index is 521. The Hall–Kier alpha value is -1.39. The number of hydrogen-bond donors (Lipinski definition) is 1. The number of aryl methyl sites for hydroxylation is 1. The van der Waals surface area contributed by atoms with Crippen LogP contribution in [0.3, 0.4) is 0 Å². The third kappa shape index (κ3) is 2.89. The average molecular weight is 265 g/mol. The van der Waals surface area contributed by atoms with Crippen molar-refractivity contribution in [2.24, 2.45) is 0 Å². The molecule has 0 unspecified atom stereocenters. The Kier molecular flexibility index (Phi) is 4.33. The van der Waals surface area contributed by atoms with E-state index in [0.29, 0.717) is 5.02 Å². The van der Waals surface area contributed by atoms with Crippen molar-refractivity contribution in [3.63, 3.8) is 0 Å². The minimum Gasteiger partial charge on any atom is -0.313 e. The van der Waals surface area contributed by atoms with Gasteiger partial charge in [-0.15, -0.1) is 0 Å². The molecule has 0 spiro atoms. The lowest BCUT2D eigenvalue weighted by Gasteiger charge is -2.09. The highest BCUT2D eigenvalue weighted by molar-refractivity contribution is 6.31. The van der Waals surface area contributed by atoms with Gasteiger partial charge in [0, 0.05) is 25.1 Å². The molecule has 2 heterocycles. The Morgan fingerprint density at radius 1 is 1.39 bits per heavy atom. The number of pyridine rings is 1. The fourth-order valence-electron chi connectivity index (χ4n) is 1.75. The van der Waals surface area contributed by atoms with E-state index in [0.717, 1.165) is 36.7 Å². The van der Waals surface area contributed by atoms with Crippen LogP contribution in [0.4, 0.5) is 0 Å². The molecule has 0 atom stereocenters. The van der Waals surface area contributed by atoms with E-state index in [1.54, 1.807) is 12.4 Å². The maximum atomic E-state index is 6.15. The second-order valence-electron chi connectivity index (χ2n) is 4.16. The fraction of sp³-hybridized carbons (Fsp3) is 0.385. The zero-order valence-corrected chi connectivity index (χ0v) is 11.4. The van der Waals surface area contributed by atoms with Gasteiger partial charge in [-0.2, -0.15) is 0 Å². The zero-order chi connectivity index (χ0) is 13.0. The zero-order valence-electron chi connectivity index (χ0n) is 10.7. The number of nitrogens with one attached hydrogen (secondary N) is 1. The quantitative estimate of drug-likeness (QED) is 0.845. The third-order valence-corrected chi connectivity index (χ3v) is 3.08. The van der Waals surface area contributed by atoms with Crippen molar-refractivity contribution in [2.45, 2.75) is 26.8 Å². The van der Waals surface area contributed by atoms with E-state index >= 15 is 0 Å². The van der Waals surface area contributed by atoms with Crippen LogP contribution in [-0.4, -0.2) is 21.1 Å². The molecule has 4 nitrogen and oxygen atoms in total. The molecule has 0 aliphatic heterocycles. The third-order valence-electron chi connectivity index (χ3n) is 2.74. The van der Waals surface area contributed by atoms with Gasteiger partial charge in [-0.05, 0) is 31.5 Å². The summed E-state index contributed by atoms with van der Waals surface area (Å²) in [6.07, 6.45) is 6.46. The van der Waals surface area contributed by atoms with Crippen molar-refractivity contribution in [3.8, 4) is 5.82 Å². The van der Waals surface area contributed by atoms with E-state index in [4.69, 9.17) is 11.6 Å². The summed E-state index contributed by atoms with van der Waals surface area (Å²) in [6.45, 7) is 5.83. The van der Waals surface area contributed by atoms with E-state index in [2.05, 4.69) is 22.2 Å². The molecule has 0 radical (unpaired) electrons. The summed E-state index contributed by atoms with van der Waals surface area (Å²) in [5.41, 5.74) is 1.06.